The second kappa shape index (κ2) is 18.1. The summed E-state index contributed by atoms with van der Waals surface area (Å²) in [5.41, 5.74) is 1.65. The fraction of sp³-hybridized carbons (Fsp3) is 0.400. The predicted molar refractivity (Wildman–Crippen MR) is 260 cm³/mol. The zero-order chi connectivity index (χ0) is 48.4. The maximum atomic E-state index is 18.3. The lowest BCUT2D eigenvalue weighted by molar-refractivity contribution is -0.0679. The number of carbonyl (C=O) groups excluding carboxylic acids is 1. The summed E-state index contributed by atoms with van der Waals surface area (Å²) < 4.78 is 75.8. The van der Waals surface area contributed by atoms with Gasteiger partial charge in [-0.25, -0.2) is 32.3 Å². The first-order chi connectivity index (χ1) is 33.1. The number of hydrogen-bond acceptors (Lipinski definition) is 9. The number of amides is 1. The number of anilines is 1. The van der Waals surface area contributed by atoms with E-state index in [9.17, 15) is 13.6 Å². The van der Waals surface area contributed by atoms with Gasteiger partial charge in [0.2, 0.25) is 6.43 Å². The van der Waals surface area contributed by atoms with Gasteiger partial charge in [0.05, 0.1) is 52.8 Å². The van der Waals surface area contributed by atoms with E-state index in [1.165, 1.54) is 6.07 Å². The van der Waals surface area contributed by atoms with Crippen molar-refractivity contribution in [3.8, 4) is 29.6 Å². The van der Waals surface area contributed by atoms with Gasteiger partial charge in [0.25, 0.3) is 0 Å². The van der Waals surface area contributed by atoms with Gasteiger partial charge in [0.15, 0.2) is 5.82 Å². The molecule has 10 rings (SSSR count). The highest BCUT2D eigenvalue weighted by Crippen LogP contribution is 2.46. The van der Waals surface area contributed by atoms with E-state index >= 15 is 8.78 Å². The summed E-state index contributed by atoms with van der Waals surface area (Å²) in [5.74, 6) is 0.511. The molecule has 6 aromatic rings. The minimum atomic E-state index is -2.58. The predicted octanol–water partition coefficient (Wildman–Crippen LogP) is 11.2. The number of rotatable bonds is 8. The van der Waals surface area contributed by atoms with Gasteiger partial charge < -0.3 is 19.3 Å². The number of benzene rings is 4. The average Bonchev–Trinajstić information content (AvgIpc) is 3.65. The molecule has 69 heavy (non-hydrogen) atoms. The van der Waals surface area contributed by atoms with Crippen LogP contribution in [0.2, 0.25) is 0 Å². The number of halogens is 4. The molecule has 3 fully saturated rings. The number of aliphatic imine (C=N–C) groups is 1. The van der Waals surface area contributed by atoms with E-state index in [2.05, 4.69) is 10.8 Å². The number of fused-ring (bicyclic) bond motifs is 6. The molecule has 0 saturated carbocycles. The highest BCUT2D eigenvalue weighted by atomic mass is 19.3. The van der Waals surface area contributed by atoms with E-state index in [1.54, 1.807) is 25.1 Å². The molecule has 0 radical (unpaired) electrons. The van der Waals surface area contributed by atoms with Gasteiger partial charge in [-0.05, 0) is 96.5 Å². The first-order valence-corrected chi connectivity index (χ1v) is 23.8. The number of piperidine rings is 1. The minimum absolute atomic E-state index is 0.0545. The molecule has 1 amide bonds. The number of piperazine rings is 1. The van der Waals surface area contributed by atoms with E-state index < -0.39 is 35.0 Å². The van der Waals surface area contributed by atoms with Gasteiger partial charge in [-0.1, -0.05) is 79.6 Å². The Morgan fingerprint density at radius 2 is 1.65 bits per heavy atom. The number of terminal acetylenes is 1. The second-order valence-electron chi connectivity index (χ2n) is 20.3. The first kappa shape index (κ1) is 46.2. The second-order valence-corrected chi connectivity index (χ2v) is 20.3. The maximum absolute atomic E-state index is 18.3. The Morgan fingerprint density at radius 1 is 0.928 bits per heavy atom. The van der Waals surface area contributed by atoms with E-state index in [4.69, 9.17) is 35.8 Å². The lowest BCUT2D eigenvalue weighted by Gasteiger charge is -2.48. The molecular weight excluding hydrogens is 883 g/mol. The van der Waals surface area contributed by atoms with Gasteiger partial charge in [0.1, 0.15) is 28.4 Å². The number of likely N-dealkylation sites (tertiary alicyclic amines) is 1. The molecule has 0 unspecified atom stereocenters. The summed E-state index contributed by atoms with van der Waals surface area (Å²) in [4.78, 5) is 40.0. The van der Waals surface area contributed by atoms with Gasteiger partial charge in [-0.3, -0.25) is 4.90 Å². The lowest BCUT2D eigenvalue weighted by Crippen LogP contribution is -2.62. The summed E-state index contributed by atoms with van der Waals surface area (Å²) in [6.45, 7) is 8.44. The van der Waals surface area contributed by atoms with Crippen LogP contribution in [-0.4, -0.2) is 100.0 Å². The highest BCUT2D eigenvalue weighted by Gasteiger charge is 2.51. The van der Waals surface area contributed by atoms with Gasteiger partial charge in [-0.15, -0.1) is 6.42 Å². The van der Waals surface area contributed by atoms with E-state index in [1.807, 2.05) is 98.3 Å². The van der Waals surface area contributed by atoms with Crippen molar-refractivity contribution >= 4 is 45.0 Å². The first-order valence-electron chi connectivity index (χ1n) is 23.8. The zero-order valence-corrected chi connectivity index (χ0v) is 39.5. The van der Waals surface area contributed by atoms with Crippen molar-refractivity contribution in [2.75, 3.05) is 38.2 Å². The Balaban J connectivity index is 1.18. The fourth-order valence-electron chi connectivity index (χ4n) is 11.3. The van der Waals surface area contributed by atoms with Gasteiger partial charge in [0, 0.05) is 46.5 Å². The summed E-state index contributed by atoms with van der Waals surface area (Å²) in [6.07, 6.45) is 6.54. The zero-order valence-electron chi connectivity index (χ0n) is 39.5. The number of alkyl halides is 2. The molecule has 3 saturated heterocycles. The molecule has 0 spiro atoms. The van der Waals surface area contributed by atoms with Crippen LogP contribution in [0.4, 0.5) is 33.9 Å². The number of nitrogens with zero attached hydrogens (tertiary/aromatic N) is 7. The molecule has 4 aliphatic heterocycles. The van der Waals surface area contributed by atoms with Crippen molar-refractivity contribution in [3.05, 3.63) is 119 Å². The third-order valence-corrected chi connectivity index (χ3v) is 14.4. The van der Waals surface area contributed by atoms with Crippen LogP contribution >= 0.6 is 0 Å². The normalized spacial score (nSPS) is 22.5. The Morgan fingerprint density at radius 3 is 2.33 bits per heavy atom. The largest absolute Gasteiger partial charge is 0.463 e. The lowest BCUT2D eigenvalue weighted by atomic mass is 9.73. The minimum Gasteiger partial charge on any atom is -0.463 e. The molecule has 5 atom stereocenters. The molecule has 2 aromatic heterocycles. The van der Waals surface area contributed by atoms with E-state index in [-0.39, 0.29) is 71.0 Å². The molecule has 6 heterocycles. The number of aromatic nitrogens is 3. The Kier molecular flexibility index (Phi) is 12.1. The van der Waals surface area contributed by atoms with Crippen LogP contribution in [0.15, 0.2) is 89.9 Å². The topological polar surface area (TPSA) is 96.3 Å². The monoisotopic (exact) mass is 937 g/mol. The van der Waals surface area contributed by atoms with Crippen LogP contribution in [0.25, 0.3) is 32.9 Å². The van der Waals surface area contributed by atoms with Crippen molar-refractivity contribution in [2.45, 2.75) is 96.4 Å². The van der Waals surface area contributed by atoms with Crippen LogP contribution in [-0.2, 0) is 11.2 Å². The highest BCUT2D eigenvalue weighted by molar-refractivity contribution is 6.14. The fourth-order valence-corrected chi connectivity index (χ4v) is 11.3. The summed E-state index contributed by atoms with van der Waals surface area (Å²) in [6, 6.07) is 25.0. The van der Waals surface area contributed by atoms with Crippen LogP contribution in [0.3, 0.4) is 0 Å². The Labute approximate surface area is 399 Å². The van der Waals surface area contributed by atoms with Crippen molar-refractivity contribution in [1.82, 2.24) is 24.8 Å². The molecule has 4 aromatic carbocycles. The summed E-state index contributed by atoms with van der Waals surface area (Å²) >= 11 is 0. The van der Waals surface area contributed by atoms with Crippen LogP contribution < -0.4 is 9.64 Å². The third-order valence-electron chi connectivity index (χ3n) is 14.4. The van der Waals surface area contributed by atoms with Crippen molar-refractivity contribution < 1.29 is 31.8 Å². The quantitative estimate of drug-likeness (QED) is 0.0846. The van der Waals surface area contributed by atoms with Crippen molar-refractivity contribution in [2.24, 2.45) is 16.3 Å². The molecule has 10 nitrogen and oxygen atoms in total. The summed E-state index contributed by atoms with van der Waals surface area (Å²) in [5, 5.41) is 1.21. The van der Waals surface area contributed by atoms with E-state index in [0.717, 1.165) is 24.0 Å². The number of carbonyl (C=O) groups is 1. The molecule has 4 aliphatic rings. The molecular formula is C55H55F4N7O3. The summed E-state index contributed by atoms with van der Waals surface area (Å²) in [7, 11) is 1.89. The Bertz CT molecular complexity index is 2990. The molecule has 356 valence electrons. The Hall–Kier alpha value is -6.59. The van der Waals surface area contributed by atoms with Crippen LogP contribution in [0.5, 0.6) is 6.01 Å². The molecule has 0 aliphatic carbocycles. The maximum Gasteiger partial charge on any atom is 0.410 e. The molecule has 14 heteroatoms. The van der Waals surface area contributed by atoms with Crippen LogP contribution in [0, 0.1) is 35.3 Å². The molecule has 2 bridgehead atoms. The van der Waals surface area contributed by atoms with Crippen molar-refractivity contribution in [3.63, 3.8) is 0 Å². The number of hydrogen-bond donors (Lipinski definition) is 0. The van der Waals surface area contributed by atoms with E-state index in [0.29, 0.717) is 72.6 Å². The standard InChI is InChI=1S/C55H55F4N7O3/c1-7-37-40(56)23-21-34-27-35(60-47(32-15-10-8-11-16-32)33-17-12-9-13-18-33)28-38(44(34)37)48-46(57)49-45-41(61-48)19-14-20-42-43-24-22-36(66(43)53(67)69-54(2,3)4)29-65(42)51(45)63-52(62-49)68-31-55(5)30-64(6)26-25-39(55)50(58)59/h1,8-13,15-18,21,23,27-28,36,39,42-43,50H,14,19-20,22,24-26,29-31H2,2-6H3/t36-,39-,42-,43+,55+/m1/s1. The average molecular weight is 938 g/mol. The van der Waals surface area contributed by atoms with Gasteiger partial charge in [-0.2, -0.15) is 9.97 Å². The SMILES string of the molecule is C#Cc1c(F)ccc2cc(N=C(c3ccccc3)c3ccccc3)cc(-c3nc4c5c(nc(OC[C@]6(C)CN(C)CC[C@@H]6C(F)F)nc5c3F)N3C[C@H]5CC[C@@H]([C@H]3CCC4)N5C(=O)OC(C)(C)C)c12. The number of ether oxygens (including phenoxy) is 2. The smallest absolute Gasteiger partial charge is 0.410 e. The van der Waals surface area contributed by atoms with Crippen LogP contribution in [0.1, 0.15) is 82.2 Å². The third kappa shape index (κ3) is 8.64. The van der Waals surface area contributed by atoms with Crippen molar-refractivity contribution in [1.29, 1.82) is 0 Å². The number of pyridine rings is 1. The number of aryl methyl sites for hydroxylation is 1. The molecule has 0 N–H and O–H groups in total. The van der Waals surface area contributed by atoms with Gasteiger partial charge >= 0.3 is 12.1 Å².